The van der Waals surface area contributed by atoms with Crippen molar-refractivity contribution in [3.8, 4) is 17.2 Å². The van der Waals surface area contributed by atoms with Gasteiger partial charge >= 0.3 is 35.8 Å². The van der Waals surface area contributed by atoms with E-state index in [1.54, 1.807) is 19.9 Å². The van der Waals surface area contributed by atoms with Gasteiger partial charge in [0.1, 0.15) is 36.1 Å². The molecule has 266 valence electrons. The van der Waals surface area contributed by atoms with E-state index in [1.165, 1.54) is 26.0 Å². The van der Waals surface area contributed by atoms with Gasteiger partial charge in [0.15, 0.2) is 12.2 Å². The first-order valence-electron chi connectivity index (χ1n) is 15.3. The number of benzene rings is 2. The summed E-state index contributed by atoms with van der Waals surface area (Å²) in [6.45, 7) is 9.58. The third kappa shape index (κ3) is 8.63. The molecule has 8 unspecified atom stereocenters. The molecule has 2 aromatic carbocycles. The normalized spacial score (nSPS) is 26.1. The fourth-order valence-electron chi connectivity index (χ4n) is 5.84. The average Bonchev–Trinajstić information content (AvgIpc) is 2.96. The van der Waals surface area contributed by atoms with Crippen LogP contribution in [0.4, 0.5) is 0 Å². The third-order valence-electron chi connectivity index (χ3n) is 7.49. The third-order valence-corrected chi connectivity index (χ3v) is 7.49. The number of ether oxygens (including phenoxy) is 9. The summed E-state index contributed by atoms with van der Waals surface area (Å²) in [6.07, 6.45) is -10.1. The molecule has 0 saturated carbocycles. The molecule has 1 fully saturated rings. The van der Waals surface area contributed by atoms with Gasteiger partial charge in [-0.1, -0.05) is 0 Å². The van der Waals surface area contributed by atoms with Crippen LogP contribution < -0.4 is 14.2 Å². The van der Waals surface area contributed by atoms with Crippen molar-refractivity contribution < 1.29 is 76.5 Å². The average molecular weight is 691 g/mol. The number of rotatable bonds is 9. The van der Waals surface area contributed by atoms with E-state index in [4.69, 9.17) is 42.6 Å². The number of esters is 6. The van der Waals surface area contributed by atoms with E-state index in [9.17, 15) is 33.9 Å². The van der Waals surface area contributed by atoms with Crippen LogP contribution in [0.5, 0.6) is 17.2 Å². The van der Waals surface area contributed by atoms with Gasteiger partial charge in [-0.05, 0) is 36.9 Å². The van der Waals surface area contributed by atoms with Crippen LogP contribution in [0.3, 0.4) is 0 Å². The lowest BCUT2D eigenvalue weighted by Gasteiger charge is -2.44. The zero-order chi connectivity index (χ0) is 36.3. The highest BCUT2D eigenvalue weighted by Crippen LogP contribution is 2.49. The predicted octanol–water partition coefficient (Wildman–Crippen LogP) is 2.67. The second kappa shape index (κ2) is 15.2. The van der Waals surface area contributed by atoms with Crippen molar-refractivity contribution >= 4 is 46.6 Å². The summed E-state index contributed by atoms with van der Waals surface area (Å²) in [5, 5.41) is 11.5. The molecule has 0 aliphatic carbocycles. The second-order valence-electron chi connectivity index (χ2n) is 11.5. The maximum absolute atomic E-state index is 12.5. The standard InChI is InChI=1S/C33H38O16/c1-13-26-23(28(40)14(2)42-13)10-21-9-22(43-16(4)35)11-24(27(21)30(26)45-18(6)37)48-33-32(47-20(8)39)31(46-19(7)38)29(44-17(5)36)25(49-33)12-41-15(3)34/h9-11,13-14,25,28-29,31-33,40H,12H2,1-8H3. The molecule has 1 N–H and O–H groups in total. The lowest BCUT2D eigenvalue weighted by molar-refractivity contribution is -0.288. The van der Waals surface area contributed by atoms with E-state index in [0.29, 0.717) is 11.1 Å². The van der Waals surface area contributed by atoms with Gasteiger partial charge in [-0.15, -0.1) is 0 Å². The van der Waals surface area contributed by atoms with Gasteiger partial charge < -0.3 is 47.7 Å². The van der Waals surface area contributed by atoms with E-state index < -0.39 is 91.4 Å². The molecule has 0 amide bonds. The minimum Gasteiger partial charge on any atom is -0.463 e. The SMILES string of the molecule is CC(=O)OCC1OC(Oc2cc(OC(C)=O)cc3cc4c(c(OC(C)=O)c23)C(C)OC(C)C4O)C(OC(C)=O)C(OC(C)=O)C1OC(C)=O. The molecule has 49 heavy (non-hydrogen) atoms. The molecular weight excluding hydrogens is 652 g/mol. The summed E-state index contributed by atoms with van der Waals surface area (Å²) in [5.41, 5.74) is 0.716. The van der Waals surface area contributed by atoms with Gasteiger partial charge in [0, 0.05) is 53.2 Å². The van der Waals surface area contributed by atoms with E-state index in [0.717, 1.165) is 27.7 Å². The predicted molar refractivity (Wildman–Crippen MR) is 163 cm³/mol. The molecule has 0 radical (unpaired) electrons. The van der Waals surface area contributed by atoms with Gasteiger partial charge in [0.2, 0.25) is 12.4 Å². The van der Waals surface area contributed by atoms with Crippen LogP contribution in [-0.2, 0) is 57.2 Å². The second-order valence-corrected chi connectivity index (χ2v) is 11.5. The van der Waals surface area contributed by atoms with Crippen LogP contribution in [0.15, 0.2) is 18.2 Å². The maximum Gasteiger partial charge on any atom is 0.308 e. The van der Waals surface area contributed by atoms with Crippen molar-refractivity contribution in [3.05, 3.63) is 29.3 Å². The number of hydrogen-bond acceptors (Lipinski definition) is 16. The quantitative estimate of drug-likeness (QED) is 0.228. The van der Waals surface area contributed by atoms with Crippen molar-refractivity contribution in [3.63, 3.8) is 0 Å². The molecular formula is C33H38O16. The van der Waals surface area contributed by atoms with Crippen LogP contribution in [0.2, 0.25) is 0 Å². The molecule has 0 aromatic heterocycles. The Hall–Kier alpha value is -4.80. The lowest BCUT2D eigenvalue weighted by Crippen LogP contribution is -2.63. The molecule has 4 rings (SSSR count). The summed E-state index contributed by atoms with van der Waals surface area (Å²) in [5.74, 6) is -4.87. The summed E-state index contributed by atoms with van der Waals surface area (Å²) < 4.78 is 51.0. The Labute approximate surface area is 280 Å². The van der Waals surface area contributed by atoms with Crippen molar-refractivity contribution in [1.29, 1.82) is 0 Å². The number of hydrogen-bond donors (Lipinski definition) is 1. The van der Waals surface area contributed by atoms with E-state index in [2.05, 4.69) is 0 Å². The van der Waals surface area contributed by atoms with Crippen LogP contribution in [0.1, 0.15) is 78.7 Å². The Balaban J connectivity index is 1.98. The maximum atomic E-state index is 12.5. The molecule has 2 aliphatic heterocycles. The molecule has 8 atom stereocenters. The fraction of sp³-hybridized carbons (Fsp3) is 0.515. The Morgan fingerprint density at radius 1 is 0.714 bits per heavy atom. The molecule has 2 aliphatic rings. The Bertz CT molecular complexity index is 1650. The number of fused-ring (bicyclic) bond motifs is 2. The summed E-state index contributed by atoms with van der Waals surface area (Å²) in [7, 11) is 0. The van der Waals surface area contributed by atoms with Crippen LogP contribution in [0, 0.1) is 0 Å². The van der Waals surface area contributed by atoms with Crippen molar-refractivity contribution in [2.75, 3.05) is 6.61 Å². The van der Waals surface area contributed by atoms with Crippen molar-refractivity contribution in [1.82, 2.24) is 0 Å². The molecule has 16 heteroatoms. The van der Waals surface area contributed by atoms with Gasteiger partial charge in [-0.2, -0.15) is 0 Å². The summed E-state index contributed by atoms with van der Waals surface area (Å²) >= 11 is 0. The van der Waals surface area contributed by atoms with Crippen molar-refractivity contribution in [2.24, 2.45) is 0 Å². The molecule has 2 heterocycles. The molecule has 1 saturated heterocycles. The van der Waals surface area contributed by atoms with Crippen LogP contribution >= 0.6 is 0 Å². The zero-order valence-electron chi connectivity index (χ0n) is 28.1. The Morgan fingerprint density at radius 2 is 1.31 bits per heavy atom. The van der Waals surface area contributed by atoms with Gasteiger partial charge in [-0.3, -0.25) is 28.8 Å². The Morgan fingerprint density at radius 3 is 1.88 bits per heavy atom. The van der Waals surface area contributed by atoms with E-state index in [1.807, 2.05) is 0 Å². The number of aliphatic hydroxyl groups excluding tert-OH is 1. The minimum atomic E-state index is -1.68. The fourth-order valence-corrected chi connectivity index (χ4v) is 5.84. The van der Waals surface area contributed by atoms with Gasteiger partial charge in [0.25, 0.3) is 0 Å². The highest BCUT2D eigenvalue weighted by atomic mass is 16.7. The summed E-state index contributed by atoms with van der Waals surface area (Å²) in [6, 6.07) is 4.34. The largest absolute Gasteiger partial charge is 0.463 e. The smallest absolute Gasteiger partial charge is 0.308 e. The van der Waals surface area contributed by atoms with Gasteiger partial charge in [-0.25, -0.2) is 0 Å². The molecule has 0 spiro atoms. The first kappa shape index (κ1) is 37.0. The first-order chi connectivity index (χ1) is 23.0. The highest BCUT2D eigenvalue weighted by Gasteiger charge is 2.53. The number of carbonyl (C=O) groups is 6. The molecule has 2 aromatic rings. The first-order valence-corrected chi connectivity index (χ1v) is 15.3. The number of aliphatic hydroxyl groups is 1. The zero-order valence-corrected chi connectivity index (χ0v) is 28.1. The van der Waals surface area contributed by atoms with Crippen LogP contribution in [-0.4, -0.2) is 84.3 Å². The molecule has 0 bridgehead atoms. The minimum absolute atomic E-state index is 0.0306. The topological polar surface area (TPSA) is 206 Å². The molecule has 16 nitrogen and oxygen atoms in total. The van der Waals surface area contributed by atoms with Crippen LogP contribution in [0.25, 0.3) is 10.8 Å². The monoisotopic (exact) mass is 690 g/mol. The lowest BCUT2D eigenvalue weighted by atomic mass is 9.88. The van der Waals surface area contributed by atoms with Gasteiger partial charge in [0.05, 0.1) is 17.6 Å². The number of carbonyl (C=O) groups excluding carboxylic acids is 6. The van der Waals surface area contributed by atoms with Crippen molar-refractivity contribution in [2.45, 2.75) is 104 Å². The highest BCUT2D eigenvalue weighted by molar-refractivity contribution is 5.99. The van der Waals surface area contributed by atoms with E-state index in [-0.39, 0.29) is 28.0 Å². The van der Waals surface area contributed by atoms with E-state index >= 15 is 0 Å². The summed E-state index contributed by atoms with van der Waals surface area (Å²) in [4.78, 5) is 73.1. The Kier molecular flexibility index (Phi) is 11.5.